The Morgan fingerprint density at radius 1 is 1.06 bits per heavy atom. The molecule has 0 aliphatic carbocycles. The van der Waals surface area contributed by atoms with Crippen LogP contribution in [0.1, 0.15) is 44.6 Å². The van der Waals surface area contributed by atoms with Gasteiger partial charge in [-0.25, -0.2) is 4.98 Å². The van der Waals surface area contributed by atoms with Crippen LogP contribution in [0, 0.1) is 5.92 Å². The van der Waals surface area contributed by atoms with Crippen LogP contribution in [-0.4, -0.2) is 39.7 Å². The zero-order valence-corrected chi connectivity index (χ0v) is 20.3. The minimum absolute atomic E-state index is 0.00615. The molecule has 0 spiro atoms. The molecule has 0 radical (unpaired) electrons. The Morgan fingerprint density at radius 2 is 1.77 bits per heavy atom. The fourth-order valence-corrected chi connectivity index (χ4v) is 4.74. The number of Topliss-reactive ketones (excluding diaryl/α,β-unsaturated/α-hetero) is 1. The fraction of sp³-hybridized carbons (Fsp3) is 0.346. The molecule has 0 bridgehead atoms. The van der Waals surface area contributed by atoms with Crippen LogP contribution in [0.4, 0.5) is 0 Å². The molecule has 0 fully saturated rings. The first-order chi connectivity index (χ1) is 16.8. The molecule has 1 heterocycles. The number of aliphatic carboxylic acids is 1. The van der Waals surface area contributed by atoms with E-state index in [0.29, 0.717) is 12.8 Å². The monoisotopic (exact) mass is 495 g/mol. The normalized spacial score (nSPS) is 12.7. The van der Waals surface area contributed by atoms with E-state index in [-0.39, 0.29) is 37.4 Å². The van der Waals surface area contributed by atoms with Crippen molar-refractivity contribution < 1.29 is 24.3 Å². The quantitative estimate of drug-likeness (QED) is 0.330. The highest BCUT2D eigenvalue weighted by molar-refractivity contribution is 7.21. The lowest BCUT2D eigenvalue weighted by molar-refractivity contribution is -0.138. The number of nitrogens with two attached hydrogens (primary N) is 1. The number of carbonyl (C=O) groups excluding carboxylic acids is 3. The Labute approximate surface area is 207 Å². The van der Waals surface area contributed by atoms with E-state index in [2.05, 4.69) is 10.3 Å². The lowest BCUT2D eigenvalue weighted by atomic mass is 9.92. The van der Waals surface area contributed by atoms with Crippen molar-refractivity contribution in [2.24, 2.45) is 11.7 Å². The molecule has 1 aromatic heterocycles. The number of aryl methyl sites for hydroxylation is 1. The van der Waals surface area contributed by atoms with Crippen molar-refractivity contribution in [3.63, 3.8) is 0 Å². The number of nitrogens with one attached hydrogen (secondary N) is 1. The standard InChI is InChI=1S/C26H29N3O5S/c1-2-19(21(30)15-18(25(27)34)12-14-24(32)33)28-23(31)13-9-16-7-10-17(11-8-16)26-29-20-5-3-4-6-22(20)35-26/h3-8,10-11,18-19H,2,9,12-15H2,1H3,(H2,27,34)(H,28,31)(H,32,33)/t18-,19+/m1/s1. The number of fused-ring (bicyclic) bond motifs is 1. The third-order valence-corrected chi connectivity index (χ3v) is 6.91. The summed E-state index contributed by atoms with van der Waals surface area (Å²) in [5, 5.41) is 12.5. The summed E-state index contributed by atoms with van der Waals surface area (Å²) >= 11 is 1.63. The second-order valence-corrected chi connectivity index (χ2v) is 9.44. The van der Waals surface area contributed by atoms with Gasteiger partial charge in [0, 0.05) is 30.7 Å². The number of para-hydroxylation sites is 1. The van der Waals surface area contributed by atoms with Gasteiger partial charge in [-0.1, -0.05) is 43.3 Å². The first kappa shape index (κ1) is 26.0. The van der Waals surface area contributed by atoms with E-state index >= 15 is 0 Å². The minimum Gasteiger partial charge on any atom is -0.481 e. The molecule has 2 atom stereocenters. The van der Waals surface area contributed by atoms with Crippen LogP contribution in [0.3, 0.4) is 0 Å². The lowest BCUT2D eigenvalue weighted by Gasteiger charge is -2.19. The SMILES string of the molecule is CC[C@H](NC(=O)CCc1ccc(-c2nc3ccccc3s2)cc1)C(=O)C[C@@H](CCC(=O)O)C(N)=O. The van der Waals surface area contributed by atoms with Crippen molar-refractivity contribution in [3.8, 4) is 10.6 Å². The Hall–Kier alpha value is -3.59. The molecule has 0 saturated carbocycles. The number of hydrogen-bond donors (Lipinski definition) is 3. The number of nitrogens with zero attached hydrogens (tertiary/aromatic N) is 1. The third kappa shape index (κ3) is 7.45. The van der Waals surface area contributed by atoms with Crippen LogP contribution in [-0.2, 0) is 25.6 Å². The predicted octanol–water partition coefficient (Wildman–Crippen LogP) is 3.72. The maximum Gasteiger partial charge on any atom is 0.303 e. The van der Waals surface area contributed by atoms with Crippen LogP contribution in [0.25, 0.3) is 20.8 Å². The van der Waals surface area contributed by atoms with E-state index < -0.39 is 23.8 Å². The number of amides is 2. The molecular formula is C26H29N3O5S. The summed E-state index contributed by atoms with van der Waals surface area (Å²) in [5.74, 6) is -3.22. The molecule has 8 nitrogen and oxygen atoms in total. The van der Waals surface area contributed by atoms with E-state index in [9.17, 15) is 19.2 Å². The molecule has 2 amide bonds. The molecule has 0 saturated heterocycles. The molecule has 0 unspecified atom stereocenters. The second kappa shape index (κ2) is 12.2. The maximum atomic E-state index is 12.6. The second-order valence-electron chi connectivity index (χ2n) is 8.41. The van der Waals surface area contributed by atoms with Crippen LogP contribution < -0.4 is 11.1 Å². The topological polar surface area (TPSA) is 139 Å². The zero-order valence-electron chi connectivity index (χ0n) is 19.5. The molecule has 184 valence electrons. The average molecular weight is 496 g/mol. The number of rotatable bonds is 13. The van der Waals surface area contributed by atoms with Crippen LogP contribution in [0.2, 0.25) is 0 Å². The zero-order chi connectivity index (χ0) is 25.4. The molecule has 0 aliphatic heterocycles. The van der Waals surface area contributed by atoms with Gasteiger partial charge in [-0.2, -0.15) is 0 Å². The Bertz CT molecular complexity index is 1170. The van der Waals surface area contributed by atoms with Crippen molar-refractivity contribution in [2.75, 3.05) is 0 Å². The van der Waals surface area contributed by atoms with Crippen LogP contribution in [0.5, 0.6) is 0 Å². The van der Waals surface area contributed by atoms with E-state index in [1.807, 2.05) is 48.5 Å². The highest BCUT2D eigenvalue weighted by Crippen LogP contribution is 2.30. The summed E-state index contributed by atoms with van der Waals surface area (Å²) in [7, 11) is 0. The summed E-state index contributed by atoms with van der Waals surface area (Å²) in [6.45, 7) is 1.76. The highest BCUT2D eigenvalue weighted by atomic mass is 32.1. The molecule has 4 N–H and O–H groups in total. The molecule has 3 aromatic rings. The van der Waals surface area contributed by atoms with Gasteiger partial charge in [-0.05, 0) is 37.0 Å². The number of carboxylic acids is 1. The summed E-state index contributed by atoms with van der Waals surface area (Å²) in [6, 6.07) is 15.2. The van der Waals surface area contributed by atoms with Crippen molar-refractivity contribution in [3.05, 3.63) is 54.1 Å². The minimum atomic E-state index is -1.06. The van der Waals surface area contributed by atoms with Crippen molar-refractivity contribution in [1.29, 1.82) is 0 Å². The van der Waals surface area contributed by atoms with Gasteiger partial charge in [-0.3, -0.25) is 19.2 Å². The summed E-state index contributed by atoms with van der Waals surface area (Å²) in [6.07, 6.45) is 0.651. The number of aromatic nitrogens is 1. The highest BCUT2D eigenvalue weighted by Gasteiger charge is 2.26. The van der Waals surface area contributed by atoms with Gasteiger partial charge in [-0.15, -0.1) is 11.3 Å². The predicted molar refractivity (Wildman–Crippen MR) is 135 cm³/mol. The molecule has 3 rings (SSSR count). The van der Waals surface area contributed by atoms with Gasteiger partial charge < -0.3 is 16.2 Å². The van der Waals surface area contributed by atoms with E-state index in [0.717, 1.165) is 26.4 Å². The summed E-state index contributed by atoms with van der Waals surface area (Å²) in [5.41, 5.74) is 8.30. The lowest BCUT2D eigenvalue weighted by Crippen LogP contribution is -2.42. The Kier molecular flexibility index (Phi) is 9.08. The van der Waals surface area contributed by atoms with Crippen LogP contribution in [0.15, 0.2) is 48.5 Å². The average Bonchev–Trinajstić information content (AvgIpc) is 3.28. The first-order valence-corrected chi connectivity index (χ1v) is 12.4. The van der Waals surface area contributed by atoms with Gasteiger partial charge in [0.15, 0.2) is 5.78 Å². The smallest absolute Gasteiger partial charge is 0.303 e. The number of benzene rings is 2. The number of carboxylic acid groups (broad SMARTS) is 1. The first-order valence-electron chi connectivity index (χ1n) is 11.5. The molecule has 2 aromatic carbocycles. The van der Waals surface area contributed by atoms with Gasteiger partial charge in [0.25, 0.3) is 0 Å². The number of primary amides is 1. The van der Waals surface area contributed by atoms with E-state index in [1.165, 1.54) is 0 Å². The molecular weight excluding hydrogens is 466 g/mol. The Morgan fingerprint density at radius 3 is 2.40 bits per heavy atom. The van der Waals surface area contributed by atoms with Gasteiger partial charge in [0.1, 0.15) is 5.01 Å². The van der Waals surface area contributed by atoms with Crippen LogP contribution >= 0.6 is 11.3 Å². The summed E-state index contributed by atoms with van der Waals surface area (Å²) < 4.78 is 1.13. The Balaban J connectivity index is 1.52. The van der Waals surface area contributed by atoms with Crippen molar-refractivity contribution in [2.45, 2.75) is 51.5 Å². The van der Waals surface area contributed by atoms with E-state index in [1.54, 1.807) is 18.3 Å². The van der Waals surface area contributed by atoms with E-state index in [4.69, 9.17) is 10.8 Å². The molecule has 9 heteroatoms. The number of thiazole rings is 1. The number of ketones is 1. The van der Waals surface area contributed by atoms with Crippen molar-refractivity contribution in [1.82, 2.24) is 10.3 Å². The van der Waals surface area contributed by atoms with Crippen molar-refractivity contribution >= 4 is 45.1 Å². The fourth-order valence-electron chi connectivity index (χ4n) is 3.77. The third-order valence-electron chi connectivity index (χ3n) is 5.82. The number of carbonyl (C=O) groups is 4. The maximum absolute atomic E-state index is 12.6. The number of hydrogen-bond acceptors (Lipinski definition) is 6. The molecule has 0 aliphatic rings. The van der Waals surface area contributed by atoms with Gasteiger partial charge in [0.2, 0.25) is 11.8 Å². The summed E-state index contributed by atoms with van der Waals surface area (Å²) in [4.78, 5) is 52.1. The largest absolute Gasteiger partial charge is 0.481 e. The van der Waals surface area contributed by atoms with Gasteiger partial charge in [0.05, 0.1) is 16.3 Å². The van der Waals surface area contributed by atoms with Gasteiger partial charge >= 0.3 is 5.97 Å². The molecule has 35 heavy (non-hydrogen) atoms.